The average molecular weight is 576 g/mol. The van der Waals surface area contributed by atoms with E-state index in [2.05, 4.69) is 10.1 Å². The van der Waals surface area contributed by atoms with Crippen LogP contribution in [0.5, 0.6) is 0 Å². The highest BCUT2D eigenvalue weighted by molar-refractivity contribution is 6.31. The van der Waals surface area contributed by atoms with Crippen molar-refractivity contribution in [3.63, 3.8) is 0 Å². The molecule has 1 aliphatic heterocycles. The van der Waals surface area contributed by atoms with E-state index in [1.807, 2.05) is 25.1 Å². The molecule has 0 spiro atoms. The molecule has 2 N–H and O–H groups in total. The number of aromatic nitrogens is 4. The normalized spacial score (nSPS) is 18.1. The molecular formula is C30H27ClFN5O4. The summed E-state index contributed by atoms with van der Waals surface area (Å²) in [7, 11) is 0. The molecule has 0 bridgehead atoms. The van der Waals surface area contributed by atoms with Crippen molar-refractivity contribution in [2.45, 2.75) is 57.5 Å². The summed E-state index contributed by atoms with van der Waals surface area (Å²) >= 11 is 6.20. The third kappa shape index (κ3) is 5.27. The van der Waals surface area contributed by atoms with Gasteiger partial charge in [0.15, 0.2) is 11.4 Å². The number of unbranched alkanes of at least 4 members (excludes halogenated alkanes) is 1. The number of carboxylic acids is 1. The van der Waals surface area contributed by atoms with Gasteiger partial charge in [0, 0.05) is 35.6 Å². The first-order valence-electron chi connectivity index (χ1n) is 13.4. The number of imidazole rings is 1. The van der Waals surface area contributed by atoms with Gasteiger partial charge in [0.1, 0.15) is 11.6 Å². The molecule has 1 atom stereocenters. The summed E-state index contributed by atoms with van der Waals surface area (Å²) in [6, 6.07) is 11.0. The lowest BCUT2D eigenvalue weighted by molar-refractivity contribution is -0.137. The number of oxime groups is 1. The van der Waals surface area contributed by atoms with Crippen LogP contribution in [0.15, 0.2) is 57.4 Å². The maximum atomic E-state index is 13.7. The van der Waals surface area contributed by atoms with E-state index in [0.29, 0.717) is 59.6 Å². The number of benzene rings is 2. The lowest BCUT2D eigenvalue weighted by atomic mass is 9.95. The molecule has 6 rings (SSSR count). The minimum absolute atomic E-state index is 0.0269. The van der Waals surface area contributed by atoms with E-state index < -0.39 is 17.4 Å². The summed E-state index contributed by atoms with van der Waals surface area (Å²) in [5, 5.41) is 14.6. The second-order valence-corrected chi connectivity index (χ2v) is 11.0. The Kier molecular flexibility index (Phi) is 6.94. The zero-order chi connectivity index (χ0) is 28.7. The highest BCUT2D eigenvalue weighted by Gasteiger charge is 2.40. The molecule has 11 heteroatoms. The average Bonchev–Trinajstić information content (AvgIpc) is 3.56. The molecule has 41 heavy (non-hydrogen) atoms. The van der Waals surface area contributed by atoms with E-state index in [4.69, 9.17) is 31.5 Å². The number of H-pyrrole nitrogens is 1. The first kappa shape index (κ1) is 26.9. The predicted molar refractivity (Wildman–Crippen MR) is 153 cm³/mol. The van der Waals surface area contributed by atoms with Gasteiger partial charge in [-0.3, -0.25) is 14.2 Å². The molecule has 1 aliphatic carbocycles. The maximum Gasteiger partial charge on any atom is 0.303 e. The zero-order valence-corrected chi connectivity index (χ0v) is 23.0. The number of nitrogens with zero attached hydrogens (tertiary/aromatic N) is 4. The van der Waals surface area contributed by atoms with Crippen LogP contribution in [0.1, 0.15) is 67.6 Å². The highest BCUT2D eigenvalue weighted by Crippen LogP contribution is 2.37. The van der Waals surface area contributed by atoms with E-state index in [-0.39, 0.29) is 12.0 Å². The summed E-state index contributed by atoms with van der Waals surface area (Å²) in [6.45, 7) is 1.93. The molecule has 2 aliphatic rings. The number of allylic oxidation sites excluding steroid dienone is 1. The predicted octanol–water partition coefficient (Wildman–Crippen LogP) is 5.61. The van der Waals surface area contributed by atoms with Gasteiger partial charge in [-0.2, -0.15) is 0 Å². The Balaban J connectivity index is 1.33. The molecule has 0 fully saturated rings. The minimum atomic E-state index is -0.876. The van der Waals surface area contributed by atoms with Crippen LogP contribution >= 0.6 is 11.6 Å². The number of hydrogen-bond donors (Lipinski definition) is 2. The lowest BCUT2D eigenvalue weighted by Crippen LogP contribution is -2.25. The van der Waals surface area contributed by atoms with Gasteiger partial charge < -0.3 is 14.9 Å². The Hall–Kier alpha value is -4.31. The quantitative estimate of drug-likeness (QED) is 0.263. The number of rotatable bonds is 8. The van der Waals surface area contributed by atoms with Gasteiger partial charge in [0.05, 0.1) is 28.0 Å². The van der Waals surface area contributed by atoms with E-state index in [9.17, 15) is 14.0 Å². The van der Waals surface area contributed by atoms with Crippen molar-refractivity contribution < 1.29 is 19.1 Å². The van der Waals surface area contributed by atoms with E-state index in [1.54, 1.807) is 6.07 Å². The number of fused-ring (bicyclic) bond motifs is 2. The summed E-state index contributed by atoms with van der Waals surface area (Å²) in [6.07, 6.45) is 5.25. The fourth-order valence-electron chi connectivity index (χ4n) is 5.26. The van der Waals surface area contributed by atoms with Gasteiger partial charge >= 0.3 is 5.97 Å². The number of aryl methyl sites for hydroxylation is 2. The number of carbonyl (C=O) groups is 1. The van der Waals surface area contributed by atoms with E-state index >= 15 is 0 Å². The minimum Gasteiger partial charge on any atom is -0.481 e. The Bertz CT molecular complexity index is 1790. The van der Waals surface area contributed by atoms with Gasteiger partial charge in [-0.05, 0) is 75.1 Å². The second kappa shape index (κ2) is 10.6. The second-order valence-electron chi connectivity index (χ2n) is 10.6. The van der Waals surface area contributed by atoms with Gasteiger partial charge in [0.25, 0.3) is 5.56 Å². The SMILES string of the molecule is C[C@@]1(c2nc3c([nH]2)CCC(Cl)=C3)CC(c2ccc3c(=O)n(-c4ccc(F)cc4)c(CCCCC(=O)O)nc3c2)=NO1. The number of nitrogens with one attached hydrogen (secondary N) is 1. The molecule has 210 valence electrons. The Morgan fingerprint density at radius 1 is 1.17 bits per heavy atom. The van der Waals surface area contributed by atoms with Crippen molar-refractivity contribution in [2.24, 2.45) is 5.16 Å². The third-order valence-corrected chi connectivity index (χ3v) is 7.78. The Morgan fingerprint density at radius 2 is 1.98 bits per heavy atom. The molecule has 9 nitrogen and oxygen atoms in total. The first-order chi connectivity index (χ1) is 19.7. The maximum absolute atomic E-state index is 13.7. The van der Waals surface area contributed by atoms with Gasteiger partial charge in [-0.15, -0.1) is 0 Å². The number of halogens is 2. The van der Waals surface area contributed by atoms with Crippen LogP contribution in [0.25, 0.3) is 22.7 Å². The summed E-state index contributed by atoms with van der Waals surface area (Å²) in [5.74, 6) is -0.143. The molecule has 0 radical (unpaired) electrons. The van der Waals surface area contributed by atoms with Crippen LogP contribution in [0.2, 0.25) is 0 Å². The van der Waals surface area contributed by atoms with Gasteiger partial charge in [-0.25, -0.2) is 14.4 Å². The third-order valence-electron chi connectivity index (χ3n) is 7.48. The molecule has 0 saturated carbocycles. The van der Waals surface area contributed by atoms with Gasteiger partial charge in [-0.1, -0.05) is 22.8 Å². The number of carboxylic acid groups (broad SMARTS) is 1. The number of hydrogen-bond acceptors (Lipinski definition) is 6. The van der Waals surface area contributed by atoms with Crippen molar-refractivity contribution in [1.82, 2.24) is 19.5 Å². The lowest BCUT2D eigenvalue weighted by Gasteiger charge is -2.18. The van der Waals surface area contributed by atoms with E-state index in [1.165, 1.54) is 28.8 Å². The van der Waals surface area contributed by atoms with Crippen LogP contribution in [0, 0.1) is 5.82 Å². The van der Waals surface area contributed by atoms with Crippen LogP contribution in [-0.2, 0) is 28.1 Å². The molecule has 3 heterocycles. The monoisotopic (exact) mass is 575 g/mol. The number of aliphatic carboxylic acids is 1. The molecule has 4 aromatic rings. The van der Waals surface area contributed by atoms with Crippen LogP contribution in [0.3, 0.4) is 0 Å². The Morgan fingerprint density at radius 3 is 2.76 bits per heavy atom. The fraction of sp³-hybridized carbons (Fsp3) is 0.300. The summed E-state index contributed by atoms with van der Waals surface area (Å²) in [5.41, 5.74) is 3.20. The number of aromatic amines is 1. The molecule has 0 saturated heterocycles. The van der Waals surface area contributed by atoms with Crippen molar-refractivity contribution >= 4 is 40.3 Å². The van der Waals surface area contributed by atoms with Gasteiger partial charge in [0.2, 0.25) is 0 Å². The van der Waals surface area contributed by atoms with Crippen LogP contribution in [0.4, 0.5) is 4.39 Å². The zero-order valence-electron chi connectivity index (χ0n) is 22.3. The van der Waals surface area contributed by atoms with Crippen LogP contribution < -0.4 is 5.56 Å². The smallest absolute Gasteiger partial charge is 0.303 e. The van der Waals surface area contributed by atoms with E-state index in [0.717, 1.165) is 34.8 Å². The summed E-state index contributed by atoms with van der Waals surface area (Å²) < 4.78 is 15.1. The van der Waals surface area contributed by atoms with Crippen molar-refractivity contribution in [3.05, 3.63) is 92.3 Å². The standard InChI is InChI=1S/C30H27ClFN5O4/c1-30(29-34-22-13-7-18(31)15-24(22)35-29)16-25(36-41-30)17-6-12-21-23(14-17)33-26(4-2-3-5-27(38)39)37(28(21)40)20-10-8-19(32)9-11-20/h6,8-12,14-15H,2-5,7,13,16H2,1H3,(H,34,35)(H,38,39)/t30-/m0/s1. The molecule has 0 unspecified atom stereocenters. The van der Waals surface area contributed by atoms with Crippen LogP contribution in [-0.4, -0.2) is 36.3 Å². The largest absolute Gasteiger partial charge is 0.481 e. The fourth-order valence-corrected chi connectivity index (χ4v) is 5.46. The molecule has 0 amide bonds. The first-order valence-corrected chi connectivity index (χ1v) is 13.8. The van der Waals surface area contributed by atoms with Crippen molar-refractivity contribution in [1.29, 1.82) is 0 Å². The highest BCUT2D eigenvalue weighted by atomic mass is 35.5. The van der Waals surface area contributed by atoms with Crippen molar-refractivity contribution in [3.8, 4) is 5.69 Å². The molecular weight excluding hydrogens is 549 g/mol. The molecule has 2 aromatic carbocycles. The van der Waals surface area contributed by atoms with Crippen molar-refractivity contribution in [2.75, 3.05) is 0 Å². The summed E-state index contributed by atoms with van der Waals surface area (Å²) in [4.78, 5) is 43.5. The topological polar surface area (TPSA) is 122 Å². The molecule has 2 aromatic heterocycles. The Labute approximate surface area is 239 Å².